The number of methoxy groups -OCH3 is 1. The second kappa shape index (κ2) is 10.8. The van der Waals surface area contributed by atoms with Crippen molar-refractivity contribution in [2.24, 2.45) is 4.99 Å². The fraction of sp³-hybridized carbons (Fsp3) is 0.296. The van der Waals surface area contributed by atoms with E-state index < -0.39 is 12.0 Å². The summed E-state index contributed by atoms with van der Waals surface area (Å²) in [5, 5.41) is 0. The number of benzene rings is 2. The Bertz CT molecular complexity index is 1540. The number of halogens is 1. The fourth-order valence-electron chi connectivity index (χ4n) is 4.09. The molecule has 3 aromatic rings. The van der Waals surface area contributed by atoms with E-state index >= 15 is 0 Å². The average molecular weight is 571 g/mol. The van der Waals surface area contributed by atoms with Crippen LogP contribution in [-0.2, 0) is 9.53 Å². The normalized spacial score (nSPS) is 15.4. The van der Waals surface area contributed by atoms with Gasteiger partial charge in [0.15, 0.2) is 16.3 Å². The van der Waals surface area contributed by atoms with Crippen LogP contribution in [-0.4, -0.2) is 30.9 Å². The molecule has 1 aromatic heterocycles. The van der Waals surface area contributed by atoms with E-state index in [0.717, 1.165) is 15.6 Å². The zero-order valence-corrected chi connectivity index (χ0v) is 23.2. The summed E-state index contributed by atoms with van der Waals surface area (Å²) in [4.78, 5) is 32.0. The number of rotatable bonds is 7. The lowest BCUT2D eigenvalue weighted by Gasteiger charge is -2.25. The third-order valence-electron chi connectivity index (χ3n) is 5.81. The molecule has 0 bridgehead atoms. The molecule has 0 amide bonds. The van der Waals surface area contributed by atoms with Gasteiger partial charge in [-0.2, -0.15) is 0 Å². The van der Waals surface area contributed by atoms with Gasteiger partial charge in [-0.15, -0.1) is 0 Å². The molecular formula is C27H27BrN2O5S. The van der Waals surface area contributed by atoms with Crippen molar-refractivity contribution in [2.75, 3.05) is 20.3 Å². The molecule has 0 saturated heterocycles. The SMILES string of the molecule is CCOC(=O)C1=C(C)N=c2sc(=Cc3ccc(C)c(Br)c3)c(=O)n2C1c1ccc(OC)c(OCC)c1. The number of carbonyl (C=O) groups excluding carboxylic acids is 1. The van der Waals surface area contributed by atoms with Gasteiger partial charge in [-0.05, 0) is 68.7 Å². The van der Waals surface area contributed by atoms with E-state index in [-0.39, 0.29) is 12.2 Å². The summed E-state index contributed by atoms with van der Waals surface area (Å²) < 4.78 is 19.6. The predicted molar refractivity (Wildman–Crippen MR) is 143 cm³/mol. The summed E-state index contributed by atoms with van der Waals surface area (Å²) in [6, 6.07) is 10.6. The highest BCUT2D eigenvalue weighted by Crippen LogP contribution is 2.36. The van der Waals surface area contributed by atoms with Crippen molar-refractivity contribution >= 4 is 39.3 Å². The monoisotopic (exact) mass is 570 g/mol. The molecule has 188 valence electrons. The van der Waals surface area contributed by atoms with Crippen molar-refractivity contribution < 1.29 is 19.0 Å². The van der Waals surface area contributed by atoms with E-state index in [1.165, 1.54) is 11.3 Å². The maximum atomic E-state index is 13.8. The molecule has 0 aliphatic carbocycles. The van der Waals surface area contributed by atoms with Crippen molar-refractivity contribution in [2.45, 2.75) is 33.7 Å². The van der Waals surface area contributed by atoms with E-state index in [0.29, 0.717) is 44.3 Å². The molecule has 36 heavy (non-hydrogen) atoms. The standard InChI is InChI=1S/C27H27BrN2O5S/c1-6-34-21-14-18(10-11-20(21)33-5)24-23(26(32)35-7-2)16(4)29-27-30(24)25(31)22(36-27)13-17-9-8-15(3)19(28)12-17/h8-14,24H,6-7H2,1-5H3. The van der Waals surface area contributed by atoms with Crippen LogP contribution in [0.2, 0.25) is 0 Å². The van der Waals surface area contributed by atoms with Crippen molar-refractivity contribution in [3.63, 3.8) is 0 Å². The summed E-state index contributed by atoms with van der Waals surface area (Å²) in [6.45, 7) is 8.05. The highest BCUT2D eigenvalue weighted by molar-refractivity contribution is 9.10. The molecule has 7 nitrogen and oxygen atoms in total. The number of carbonyl (C=O) groups is 1. The molecule has 1 atom stereocenters. The first-order valence-electron chi connectivity index (χ1n) is 11.6. The molecule has 2 heterocycles. The van der Waals surface area contributed by atoms with Crippen LogP contribution in [0.3, 0.4) is 0 Å². The molecule has 0 spiro atoms. The second-order valence-corrected chi connectivity index (χ2v) is 10.0. The minimum absolute atomic E-state index is 0.210. The first-order valence-corrected chi connectivity index (χ1v) is 13.2. The molecule has 0 fully saturated rings. The van der Waals surface area contributed by atoms with Crippen molar-refractivity contribution in [1.82, 2.24) is 4.57 Å². The fourth-order valence-corrected chi connectivity index (χ4v) is 5.53. The van der Waals surface area contributed by atoms with Crippen molar-refractivity contribution in [1.29, 1.82) is 0 Å². The van der Waals surface area contributed by atoms with Crippen LogP contribution < -0.4 is 24.4 Å². The molecule has 0 N–H and O–H groups in total. The lowest BCUT2D eigenvalue weighted by molar-refractivity contribution is -0.139. The van der Waals surface area contributed by atoms with Crippen LogP contribution in [0, 0.1) is 6.92 Å². The molecule has 2 aromatic carbocycles. The molecule has 4 rings (SSSR count). The Hall–Kier alpha value is -3.17. The number of allylic oxidation sites excluding steroid dienone is 1. The Morgan fingerprint density at radius 3 is 2.58 bits per heavy atom. The summed E-state index contributed by atoms with van der Waals surface area (Å²) in [6.07, 6.45) is 1.84. The van der Waals surface area contributed by atoms with Crippen molar-refractivity contribution in [3.05, 3.63) is 88.5 Å². The van der Waals surface area contributed by atoms with E-state index in [4.69, 9.17) is 14.2 Å². The number of aromatic nitrogens is 1. The first kappa shape index (κ1) is 25.9. The number of nitrogens with zero attached hydrogens (tertiary/aromatic N) is 2. The molecule has 0 radical (unpaired) electrons. The van der Waals surface area contributed by atoms with Gasteiger partial charge in [0, 0.05) is 4.47 Å². The highest BCUT2D eigenvalue weighted by atomic mass is 79.9. The van der Waals surface area contributed by atoms with Gasteiger partial charge in [-0.25, -0.2) is 9.79 Å². The van der Waals surface area contributed by atoms with Gasteiger partial charge < -0.3 is 14.2 Å². The van der Waals surface area contributed by atoms with Crippen LogP contribution >= 0.6 is 27.3 Å². The van der Waals surface area contributed by atoms with Crippen LogP contribution in [0.5, 0.6) is 11.5 Å². The molecule has 9 heteroatoms. The lowest BCUT2D eigenvalue weighted by Crippen LogP contribution is -2.40. The van der Waals surface area contributed by atoms with Crippen molar-refractivity contribution in [3.8, 4) is 11.5 Å². The van der Waals surface area contributed by atoms with Crippen LogP contribution in [0.15, 0.2) is 61.9 Å². The van der Waals surface area contributed by atoms with Crippen LogP contribution in [0.25, 0.3) is 6.08 Å². The quantitative estimate of drug-likeness (QED) is 0.396. The minimum Gasteiger partial charge on any atom is -0.493 e. The Kier molecular flexibility index (Phi) is 7.80. The zero-order chi connectivity index (χ0) is 26.0. The van der Waals surface area contributed by atoms with Gasteiger partial charge in [-0.1, -0.05) is 45.5 Å². The smallest absolute Gasteiger partial charge is 0.338 e. The summed E-state index contributed by atoms with van der Waals surface area (Å²) >= 11 is 4.84. The van der Waals surface area contributed by atoms with Crippen LogP contribution in [0.1, 0.15) is 43.5 Å². The maximum Gasteiger partial charge on any atom is 0.338 e. The molecular weight excluding hydrogens is 544 g/mol. The average Bonchev–Trinajstić information content (AvgIpc) is 3.15. The summed E-state index contributed by atoms with van der Waals surface area (Å²) in [7, 11) is 1.57. The Morgan fingerprint density at radius 2 is 1.92 bits per heavy atom. The van der Waals surface area contributed by atoms with E-state index in [9.17, 15) is 9.59 Å². The van der Waals surface area contributed by atoms with Gasteiger partial charge >= 0.3 is 5.97 Å². The number of thiazole rings is 1. The highest BCUT2D eigenvalue weighted by Gasteiger charge is 2.34. The number of ether oxygens (including phenoxy) is 3. The van der Waals surface area contributed by atoms with Gasteiger partial charge in [-0.3, -0.25) is 9.36 Å². The van der Waals surface area contributed by atoms with Gasteiger partial charge in [0.05, 0.1) is 42.2 Å². The Labute approximate surface area is 221 Å². The minimum atomic E-state index is -0.725. The number of hydrogen-bond acceptors (Lipinski definition) is 7. The third kappa shape index (κ3) is 4.90. The summed E-state index contributed by atoms with van der Waals surface area (Å²) in [5.41, 5.74) is 3.29. The van der Waals surface area contributed by atoms with Gasteiger partial charge in [0.25, 0.3) is 5.56 Å². The molecule has 0 saturated carbocycles. The van der Waals surface area contributed by atoms with E-state index in [2.05, 4.69) is 20.9 Å². The second-order valence-electron chi connectivity index (χ2n) is 8.15. The molecule has 1 aliphatic heterocycles. The maximum absolute atomic E-state index is 13.8. The first-order chi connectivity index (χ1) is 17.3. The Morgan fingerprint density at radius 1 is 1.14 bits per heavy atom. The predicted octanol–water partition coefficient (Wildman–Crippen LogP) is 4.28. The number of hydrogen-bond donors (Lipinski definition) is 0. The van der Waals surface area contributed by atoms with Gasteiger partial charge in [0.1, 0.15) is 0 Å². The number of fused-ring (bicyclic) bond motifs is 1. The number of aryl methyl sites for hydroxylation is 1. The number of esters is 1. The zero-order valence-electron chi connectivity index (χ0n) is 20.8. The van der Waals surface area contributed by atoms with E-state index in [1.807, 2.05) is 44.2 Å². The van der Waals surface area contributed by atoms with Gasteiger partial charge in [0.2, 0.25) is 0 Å². The largest absolute Gasteiger partial charge is 0.493 e. The third-order valence-corrected chi connectivity index (χ3v) is 7.65. The summed E-state index contributed by atoms with van der Waals surface area (Å²) in [5.74, 6) is 0.590. The van der Waals surface area contributed by atoms with Crippen LogP contribution in [0.4, 0.5) is 0 Å². The topological polar surface area (TPSA) is 79.1 Å². The molecule has 1 unspecified atom stereocenters. The Balaban J connectivity index is 1.96. The molecule has 1 aliphatic rings. The van der Waals surface area contributed by atoms with E-state index in [1.54, 1.807) is 37.7 Å². The lowest BCUT2D eigenvalue weighted by atomic mass is 9.95.